The maximum absolute atomic E-state index is 6.47. The van der Waals surface area contributed by atoms with E-state index in [1.54, 1.807) is 19.5 Å². The van der Waals surface area contributed by atoms with E-state index in [4.69, 9.17) is 21.1 Å². The van der Waals surface area contributed by atoms with Gasteiger partial charge in [-0.05, 0) is 53.4 Å². The van der Waals surface area contributed by atoms with Gasteiger partial charge < -0.3 is 14.8 Å². The maximum Gasteiger partial charge on any atom is 0.180 e. The maximum atomic E-state index is 6.47. The van der Waals surface area contributed by atoms with Gasteiger partial charge in [0.05, 0.1) is 12.1 Å². The molecular formula is C22H23ClN2O2. The first-order valence-electron chi connectivity index (χ1n) is 8.80. The molecule has 27 heavy (non-hydrogen) atoms. The number of hydrogen-bond donors (Lipinski definition) is 1. The topological polar surface area (TPSA) is 43.4 Å². The van der Waals surface area contributed by atoms with Crippen molar-refractivity contribution in [2.45, 2.75) is 26.6 Å². The van der Waals surface area contributed by atoms with Gasteiger partial charge in [-0.1, -0.05) is 35.9 Å². The normalized spacial score (nSPS) is 10.6. The molecule has 1 N–H and O–H groups in total. The van der Waals surface area contributed by atoms with Gasteiger partial charge in [0.25, 0.3) is 0 Å². The summed E-state index contributed by atoms with van der Waals surface area (Å²) >= 11 is 6.47. The van der Waals surface area contributed by atoms with Crippen LogP contribution < -0.4 is 14.8 Å². The van der Waals surface area contributed by atoms with E-state index >= 15 is 0 Å². The zero-order valence-corrected chi connectivity index (χ0v) is 16.3. The third kappa shape index (κ3) is 5.22. The molecule has 0 atom stereocenters. The van der Waals surface area contributed by atoms with E-state index < -0.39 is 0 Å². The second kappa shape index (κ2) is 9.40. The number of aromatic nitrogens is 1. The van der Waals surface area contributed by atoms with Crippen LogP contribution in [-0.4, -0.2) is 12.1 Å². The summed E-state index contributed by atoms with van der Waals surface area (Å²) in [7, 11) is 1.63. The fourth-order valence-electron chi connectivity index (χ4n) is 2.79. The van der Waals surface area contributed by atoms with E-state index in [1.807, 2.05) is 42.5 Å². The number of halogens is 1. The molecule has 5 heteroatoms. The van der Waals surface area contributed by atoms with Crippen LogP contribution in [0.2, 0.25) is 5.02 Å². The second-order valence-corrected chi connectivity index (χ2v) is 6.69. The molecule has 2 aromatic carbocycles. The molecular weight excluding hydrogens is 360 g/mol. The van der Waals surface area contributed by atoms with Crippen molar-refractivity contribution >= 4 is 11.6 Å². The van der Waals surface area contributed by atoms with Crippen LogP contribution in [0.3, 0.4) is 0 Å². The molecule has 0 spiro atoms. The minimum atomic E-state index is 0.447. The van der Waals surface area contributed by atoms with Crippen LogP contribution in [0.4, 0.5) is 0 Å². The van der Waals surface area contributed by atoms with E-state index in [0.717, 1.165) is 17.7 Å². The fourth-order valence-corrected chi connectivity index (χ4v) is 3.08. The Bertz CT molecular complexity index is 885. The average molecular weight is 383 g/mol. The Hall–Kier alpha value is -2.56. The number of methoxy groups -OCH3 is 1. The Morgan fingerprint density at radius 3 is 2.48 bits per heavy atom. The number of benzene rings is 2. The molecule has 0 saturated carbocycles. The Morgan fingerprint density at radius 1 is 1.00 bits per heavy atom. The summed E-state index contributed by atoms with van der Waals surface area (Å²) in [5.41, 5.74) is 4.53. The monoisotopic (exact) mass is 382 g/mol. The van der Waals surface area contributed by atoms with Gasteiger partial charge in [0, 0.05) is 25.5 Å². The van der Waals surface area contributed by atoms with Gasteiger partial charge in [-0.15, -0.1) is 0 Å². The quantitative estimate of drug-likeness (QED) is 0.600. The Balaban J connectivity index is 1.66. The minimum Gasteiger partial charge on any atom is -0.493 e. The van der Waals surface area contributed by atoms with Crippen LogP contribution in [0.5, 0.6) is 11.5 Å². The first-order chi connectivity index (χ1) is 13.2. The number of nitrogens with zero attached hydrogens (tertiary/aromatic N) is 1. The van der Waals surface area contributed by atoms with Crippen molar-refractivity contribution in [1.29, 1.82) is 0 Å². The van der Waals surface area contributed by atoms with Crippen molar-refractivity contribution in [3.05, 3.63) is 88.2 Å². The van der Waals surface area contributed by atoms with Crippen molar-refractivity contribution in [3.8, 4) is 11.5 Å². The number of rotatable bonds is 8. The molecule has 4 nitrogen and oxygen atoms in total. The third-order valence-corrected chi connectivity index (χ3v) is 4.61. The Morgan fingerprint density at radius 2 is 1.74 bits per heavy atom. The highest BCUT2D eigenvalue weighted by atomic mass is 35.5. The first kappa shape index (κ1) is 19.2. The summed E-state index contributed by atoms with van der Waals surface area (Å²) in [5.74, 6) is 1.21. The lowest BCUT2D eigenvalue weighted by atomic mass is 10.1. The van der Waals surface area contributed by atoms with Gasteiger partial charge in [-0.25, -0.2) is 0 Å². The van der Waals surface area contributed by atoms with E-state index in [9.17, 15) is 0 Å². The summed E-state index contributed by atoms with van der Waals surface area (Å²) in [6.45, 7) is 3.95. The number of pyridine rings is 1. The highest BCUT2D eigenvalue weighted by Gasteiger charge is 2.13. The zero-order chi connectivity index (χ0) is 19.1. The van der Waals surface area contributed by atoms with Gasteiger partial charge >= 0.3 is 0 Å². The molecule has 0 aliphatic heterocycles. The molecule has 3 rings (SSSR count). The van der Waals surface area contributed by atoms with Gasteiger partial charge in [0.15, 0.2) is 11.5 Å². The average Bonchev–Trinajstić information content (AvgIpc) is 2.69. The Labute approximate surface area is 165 Å². The molecule has 3 aromatic rings. The molecule has 0 fully saturated rings. The molecule has 1 aromatic heterocycles. The molecule has 0 saturated heterocycles. The van der Waals surface area contributed by atoms with Crippen molar-refractivity contribution in [2.75, 3.05) is 7.11 Å². The summed E-state index contributed by atoms with van der Waals surface area (Å²) in [4.78, 5) is 4.02. The van der Waals surface area contributed by atoms with Gasteiger partial charge in [-0.2, -0.15) is 0 Å². The molecule has 0 amide bonds. The lowest BCUT2D eigenvalue weighted by molar-refractivity contribution is 0.284. The van der Waals surface area contributed by atoms with E-state index in [1.165, 1.54) is 11.1 Å². The van der Waals surface area contributed by atoms with Crippen LogP contribution in [0, 0.1) is 6.92 Å². The second-order valence-electron chi connectivity index (χ2n) is 6.28. The van der Waals surface area contributed by atoms with Crippen molar-refractivity contribution in [1.82, 2.24) is 10.3 Å². The van der Waals surface area contributed by atoms with E-state index in [2.05, 4.69) is 23.3 Å². The van der Waals surface area contributed by atoms with Crippen LogP contribution in [0.1, 0.15) is 22.3 Å². The molecule has 0 bridgehead atoms. The lowest BCUT2D eigenvalue weighted by Crippen LogP contribution is -2.13. The molecule has 0 aliphatic carbocycles. The number of aryl methyl sites for hydroxylation is 1. The Kier molecular flexibility index (Phi) is 6.69. The van der Waals surface area contributed by atoms with Gasteiger partial charge in [0.1, 0.15) is 6.61 Å². The highest BCUT2D eigenvalue weighted by molar-refractivity contribution is 6.32. The largest absolute Gasteiger partial charge is 0.493 e. The van der Waals surface area contributed by atoms with Crippen LogP contribution in [0.25, 0.3) is 0 Å². The summed E-state index contributed by atoms with van der Waals surface area (Å²) in [6, 6.07) is 16.0. The third-order valence-electron chi connectivity index (χ3n) is 4.33. The van der Waals surface area contributed by atoms with E-state index in [0.29, 0.717) is 29.7 Å². The van der Waals surface area contributed by atoms with Gasteiger partial charge in [0.2, 0.25) is 0 Å². The SMILES string of the molecule is COc1cc(CNCc2ccncc2)cc(Cl)c1OCc1ccccc1C. The van der Waals surface area contributed by atoms with E-state index in [-0.39, 0.29) is 0 Å². The van der Waals surface area contributed by atoms with Crippen LogP contribution in [0.15, 0.2) is 60.9 Å². The fraction of sp³-hybridized carbons (Fsp3) is 0.227. The number of nitrogens with one attached hydrogen (secondary N) is 1. The number of hydrogen-bond acceptors (Lipinski definition) is 4. The smallest absolute Gasteiger partial charge is 0.180 e. The first-order valence-corrected chi connectivity index (χ1v) is 9.18. The predicted molar refractivity (Wildman–Crippen MR) is 108 cm³/mol. The molecule has 1 heterocycles. The molecule has 0 unspecified atom stereocenters. The highest BCUT2D eigenvalue weighted by Crippen LogP contribution is 2.37. The standard InChI is InChI=1S/C22H23ClN2O2/c1-16-5-3-4-6-19(16)15-27-22-20(23)11-18(12-21(22)26-2)14-25-13-17-7-9-24-10-8-17/h3-12,25H,13-15H2,1-2H3. The van der Waals surface area contributed by atoms with Crippen LogP contribution >= 0.6 is 11.6 Å². The predicted octanol–water partition coefficient (Wildman–Crippen LogP) is 4.92. The van der Waals surface area contributed by atoms with Crippen molar-refractivity contribution in [3.63, 3.8) is 0 Å². The summed E-state index contributed by atoms with van der Waals surface area (Å²) in [6.07, 6.45) is 3.58. The summed E-state index contributed by atoms with van der Waals surface area (Å²) < 4.78 is 11.5. The number of ether oxygens (including phenoxy) is 2. The van der Waals surface area contributed by atoms with Crippen molar-refractivity contribution in [2.24, 2.45) is 0 Å². The molecule has 0 aliphatic rings. The zero-order valence-electron chi connectivity index (χ0n) is 15.5. The van der Waals surface area contributed by atoms with Crippen LogP contribution in [-0.2, 0) is 19.7 Å². The molecule has 140 valence electrons. The van der Waals surface area contributed by atoms with Crippen molar-refractivity contribution < 1.29 is 9.47 Å². The minimum absolute atomic E-state index is 0.447. The lowest BCUT2D eigenvalue weighted by Gasteiger charge is -2.15. The summed E-state index contributed by atoms with van der Waals surface area (Å²) in [5, 5.41) is 3.94. The van der Waals surface area contributed by atoms with Gasteiger partial charge in [-0.3, -0.25) is 4.98 Å². The molecule has 0 radical (unpaired) electrons.